The van der Waals surface area contributed by atoms with Gasteiger partial charge in [-0.3, -0.25) is 4.79 Å². The van der Waals surface area contributed by atoms with Crippen molar-refractivity contribution in [1.82, 2.24) is 4.90 Å². The molecule has 1 atom stereocenters. The van der Waals surface area contributed by atoms with Crippen molar-refractivity contribution in [2.75, 3.05) is 19.6 Å². The minimum absolute atomic E-state index is 0.0146. The number of hydrogen-bond acceptors (Lipinski definition) is 3. The molecule has 0 aromatic rings. The summed E-state index contributed by atoms with van der Waals surface area (Å²) in [6, 6.07) is 0. The van der Waals surface area contributed by atoms with E-state index in [9.17, 15) is 4.79 Å². The van der Waals surface area contributed by atoms with Crippen LogP contribution in [0.15, 0.2) is 0 Å². The van der Waals surface area contributed by atoms with Crippen LogP contribution in [0.2, 0.25) is 0 Å². The summed E-state index contributed by atoms with van der Waals surface area (Å²) in [5.41, 5.74) is 5.42. The third-order valence-corrected chi connectivity index (χ3v) is 4.34. The van der Waals surface area contributed by atoms with Crippen LogP contribution in [0.4, 0.5) is 0 Å². The third kappa shape index (κ3) is 4.18. The molecule has 4 heteroatoms. The lowest BCUT2D eigenvalue weighted by atomic mass is 10.00. The molecule has 0 radical (unpaired) electrons. The van der Waals surface area contributed by atoms with Crippen LogP contribution in [0.1, 0.15) is 52.4 Å². The Kier molecular flexibility index (Phi) is 4.85. The predicted octanol–water partition coefficient (Wildman–Crippen LogP) is 1.92. The summed E-state index contributed by atoms with van der Waals surface area (Å²) in [5.74, 6) is 1.06. The Bertz CT molecular complexity index is 311. The molecule has 0 aromatic carbocycles. The first-order valence-electron chi connectivity index (χ1n) is 7.66. The molecule has 1 unspecified atom stereocenters. The highest BCUT2D eigenvalue weighted by Crippen LogP contribution is 2.29. The summed E-state index contributed by atoms with van der Waals surface area (Å²) >= 11 is 0. The molecule has 1 aliphatic carbocycles. The first kappa shape index (κ1) is 14.8. The zero-order valence-corrected chi connectivity index (χ0v) is 12.4. The van der Waals surface area contributed by atoms with Crippen molar-refractivity contribution in [2.45, 2.75) is 64.1 Å². The average Bonchev–Trinajstić information content (AvgIpc) is 2.87. The van der Waals surface area contributed by atoms with Gasteiger partial charge in [0.15, 0.2) is 0 Å². The van der Waals surface area contributed by atoms with Crippen molar-refractivity contribution in [3.8, 4) is 0 Å². The van der Waals surface area contributed by atoms with E-state index in [0.29, 0.717) is 26.1 Å². The highest BCUT2D eigenvalue weighted by Gasteiger charge is 2.34. The fourth-order valence-electron chi connectivity index (χ4n) is 3.39. The van der Waals surface area contributed by atoms with Gasteiger partial charge in [-0.1, -0.05) is 25.7 Å². The third-order valence-electron chi connectivity index (χ3n) is 4.34. The second-order valence-electron chi connectivity index (χ2n) is 6.70. The Morgan fingerprint density at radius 1 is 1.37 bits per heavy atom. The molecule has 1 aliphatic heterocycles. The standard InChI is InChI=1S/C15H28N2O2/c1-15(2)11-17(10-13(9-16)19-15)14(18)8-7-12-5-3-4-6-12/h12-13H,3-11,16H2,1-2H3. The molecule has 1 amide bonds. The first-order valence-corrected chi connectivity index (χ1v) is 7.66. The monoisotopic (exact) mass is 268 g/mol. The molecule has 19 heavy (non-hydrogen) atoms. The fourth-order valence-corrected chi connectivity index (χ4v) is 3.39. The Morgan fingerprint density at radius 3 is 2.68 bits per heavy atom. The van der Waals surface area contributed by atoms with Gasteiger partial charge in [0.1, 0.15) is 0 Å². The van der Waals surface area contributed by atoms with Gasteiger partial charge in [-0.15, -0.1) is 0 Å². The van der Waals surface area contributed by atoms with Crippen LogP contribution in [0.5, 0.6) is 0 Å². The van der Waals surface area contributed by atoms with Gasteiger partial charge in [0.05, 0.1) is 11.7 Å². The van der Waals surface area contributed by atoms with Crippen LogP contribution in [0.3, 0.4) is 0 Å². The first-order chi connectivity index (χ1) is 9.00. The van der Waals surface area contributed by atoms with E-state index >= 15 is 0 Å². The SMILES string of the molecule is CC1(C)CN(C(=O)CCC2CCCC2)CC(CN)O1. The highest BCUT2D eigenvalue weighted by molar-refractivity contribution is 5.76. The maximum atomic E-state index is 12.3. The molecule has 0 bridgehead atoms. The summed E-state index contributed by atoms with van der Waals surface area (Å²) in [6.45, 7) is 5.89. The molecule has 2 aliphatic rings. The molecule has 2 rings (SSSR count). The molecule has 1 heterocycles. The summed E-state index contributed by atoms with van der Waals surface area (Å²) in [6.07, 6.45) is 7.05. The van der Waals surface area contributed by atoms with Gasteiger partial charge in [0.25, 0.3) is 0 Å². The summed E-state index contributed by atoms with van der Waals surface area (Å²) in [4.78, 5) is 14.3. The van der Waals surface area contributed by atoms with E-state index in [1.54, 1.807) is 0 Å². The van der Waals surface area contributed by atoms with Crippen molar-refractivity contribution in [3.63, 3.8) is 0 Å². The van der Waals surface area contributed by atoms with Crippen molar-refractivity contribution in [1.29, 1.82) is 0 Å². The molecular formula is C15H28N2O2. The largest absolute Gasteiger partial charge is 0.367 e. The van der Waals surface area contributed by atoms with Gasteiger partial charge in [0, 0.05) is 26.1 Å². The quantitative estimate of drug-likeness (QED) is 0.847. The van der Waals surface area contributed by atoms with Gasteiger partial charge >= 0.3 is 0 Å². The summed E-state index contributed by atoms with van der Waals surface area (Å²) in [7, 11) is 0. The number of nitrogens with two attached hydrogens (primary N) is 1. The second kappa shape index (κ2) is 6.23. The lowest BCUT2D eigenvalue weighted by molar-refractivity contribution is -0.159. The van der Waals surface area contributed by atoms with Crippen molar-refractivity contribution in [2.24, 2.45) is 11.7 Å². The number of morpholine rings is 1. The zero-order chi connectivity index (χ0) is 13.9. The molecule has 0 aromatic heterocycles. The Balaban J connectivity index is 1.83. The number of carbonyl (C=O) groups is 1. The van der Waals surface area contributed by atoms with E-state index in [0.717, 1.165) is 12.3 Å². The summed E-state index contributed by atoms with van der Waals surface area (Å²) in [5, 5.41) is 0. The van der Waals surface area contributed by atoms with E-state index in [1.165, 1.54) is 25.7 Å². The minimum atomic E-state index is -0.273. The maximum Gasteiger partial charge on any atom is 0.222 e. The van der Waals surface area contributed by atoms with Crippen LogP contribution in [-0.4, -0.2) is 42.1 Å². The number of carbonyl (C=O) groups excluding carboxylic acids is 1. The highest BCUT2D eigenvalue weighted by atomic mass is 16.5. The lowest BCUT2D eigenvalue weighted by Gasteiger charge is -2.42. The fraction of sp³-hybridized carbons (Fsp3) is 0.933. The van der Waals surface area contributed by atoms with Crippen molar-refractivity contribution < 1.29 is 9.53 Å². The number of nitrogens with zero attached hydrogens (tertiary/aromatic N) is 1. The maximum absolute atomic E-state index is 12.3. The molecule has 0 spiro atoms. The number of amides is 1. The molecule has 1 saturated carbocycles. The van der Waals surface area contributed by atoms with Crippen LogP contribution < -0.4 is 5.73 Å². The van der Waals surface area contributed by atoms with Crippen LogP contribution in [0.25, 0.3) is 0 Å². The van der Waals surface area contributed by atoms with E-state index in [2.05, 4.69) is 0 Å². The van der Waals surface area contributed by atoms with Crippen LogP contribution >= 0.6 is 0 Å². The van der Waals surface area contributed by atoms with Crippen molar-refractivity contribution >= 4 is 5.91 Å². The topological polar surface area (TPSA) is 55.6 Å². The molecule has 1 saturated heterocycles. The Labute approximate surface area is 116 Å². The molecule has 2 fully saturated rings. The van der Waals surface area contributed by atoms with E-state index < -0.39 is 0 Å². The van der Waals surface area contributed by atoms with Gasteiger partial charge in [-0.2, -0.15) is 0 Å². The second-order valence-corrected chi connectivity index (χ2v) is 6.70. The molecule has 2 N–H and O–H groups in total. The van der Waals surface area contributed by atoms with E-state index in [-0.39, 0.29) is 17.6 Å². The Hall–Kier alpha value is -0.610. The number of ether oxygens (including phenoxy) is 1. The van der Waals surface area contributed by atoms with Crippen LogP contribution in [0, 0.1) is 5.92 Å². The molecule has 4 nitrogen and oxygen atoms in total. The average molecular weight is 268 g/mol. The minimum Gasteiger partial charge on any atom is -0.367 e. The van der Waals surface area contributed by atoms with Gasteiger partial charge in [0.2, 0.25) is 5.91 Å². The van der Waals surface area contributed by atoms with E-state index in [1.807, 2.05) is 18.7 Å². The summed E-state index contributed by atoms with van der Waals surface area (Å²) < 4.78 is 5.86. The van der Waals surface area contributed by atoms with Crippen molar-refractivity contribution in [3.05, 3.63) is 0 Å². The lowest BCUT2D eigenvalue weighted by Crippen LogP contribution is -2.56. The zero-order valence-electron chi connectivity index (χ0n) is 12.4. The Morgan fingerprint density at radius 2 is 2.05 bits per heavy atom. The predicted molar refractivity (Wildman–Crippen MR) is 75.8 cm³/mol. The van der Waals surface area contributed by atoms with Gasteiger partial charge in [-0.25, -0.2) is 0 Å². The normalized spacial score (nSPS) is 27.7. The number of rotatable bonds is 4. The van der Waals surface area contributed by atoms with Gasteiger partial charge in [-0.05, 0) is 26.2 Å². The van der Waals surface area contributed by atoms with Crippen LogP contribution in [-0.2, 0) is 9.53 Å². The molecular weight excluding hydrogens is 240 g/mol. The van der Waals surface area contributed by atoms with E-state index in [4.69, 9.17) is 10.5 Å². The number of hydrogen-bond donors (Lipinski definition) is 1. The van der Waals surface area contributed by atoms with Gasteiger partial charge < -0.3 is 15.4 Å². The smallest absolute Gasteiger partial charge is 0.222 e. The molecule has 110 valence electrons.